The van der Waals surface area contributed by atoms with Gasteiger partial charge in [-0.05, 0) is 36.3 Å². The fourth-order valence-corrected chi connectivity index (χ4v) is 4.33. The van der Waals surface area contributed by atoms with Crippen molar-refractivity contribution in [1.82, 2.24) is 4.90 Å². The molecule has 1 amide bonds. The molecule has 4 nitrogen and oxygen atoms in total. The molecule has 2 heterocycles. The van der Waals surface area contributed by atoms with Crippen LogP contribution in [0, 0.1) is 24.7 Å². The Bertz CT molecular complexity index is 553. The van der Waals surface area contributed by atoms with Crippen molar-refractivity contribution in [1.29, 1.82) is 0 Å². The molecule has 1 aliphatic heterocycles. The highest BCUT2D eigenvalue weighted by Gasteiger charge is 2.49. The Morgan fingerprint density at radius 1 is 1.35 bits per heavy atom. The maximum absolute atomic E-state index is 12.5. The molecule has 1 N–H and O–H groups in total. The molecule has 1 aliphatic carbocycles. The average molecular weight is 293 g/mol. The van der Waals surface area contributed by atoms with E-state index in [0.717, 1.165) is 6.42 Å². The first-order chi connectivity index (χ1) is 9.49. The quantitative estimate of drug-likeness (QED) is 0.930. The van der Waals surface area contributed by atoms with Crippen LogP contribution in [0.25, 0.3) is 0 Å². The highest BCUT2D eigenvalue weighted by Crippen LogP contribution is 2.51. The Morgan fingerprint density at radius 2 is 2.10 bits per heavy atom. The van der Waals surface area contributed by atoms with Crippen LogP contribution in [0.3, 0.4) is 0 Å². The number of amides is 1. The van der Waals surface area contributed by atoms with E-state index < -0.39 is 11.9 Å². The van der Waals surface area contributed by atoms with E-state index in [0.29, 0.717) is 19.0 Å². The number of rotatable bonds is 3. The second-order valence-electron chi connectivity index (χ2n) is 6.08. The summed E-state index contributed by atoms with van der Waals surface area (Å²) in [6, 6.07) is 2.10. The van der Waals surface area contributed by atoms with E-state index in [1.807, 2.05) is 6.92 Å². The van der Waals surface area contributed by atoms with E-state index in [2.05, 4.69) is 18.4 Å². The minimum Gasteiger partial charge on any atom is -0.481 e. The number of carbonyl (C=O) groups is 2. The minimum absolute atomic E-state index is 0.0529. The van der Waals surface area contributed by atoms with Crippen molar-refractivity contribution in [3.05, 3.63) is 21.9 Å². The van der Waals surface area contributed by atoms with Crippen molar-refractivity contribution in [2.24, 2.45) is 17.8 Å². The van der Waals surface area contributed by atoms with Gasteiger partial charge in [0, 0.05) is 29.8 Å². The smallest absolute Gasteiger partial charge is 0.308 e. The van der Waals surface area contributed by atoms with Crippen molar-refractivity contribution in [2.75, 3.05) is 13.1 Å². The Balaban J connectivity index is 1.65. The molecule has 0 aromatic carbocycles. The predicted molar refractivity (Wildman–Crippen MR) is 76.8 cm³/mol. The molecule has 5 heteroatoms. The lowest BCUT2D eigenvalue weighted by molar-refractivity contribution is -0.142. The average Bonchev–Trinajstić information content (AvgIpc) is 2.90. The number of thiophene rings is 1. The number of carboxylic acid groups (broad SMARTS) is 1. The molecule has 3 rings (SSSR count). The molecule has 1 aromatic rings. The lowest BCUT2D eigenvalue weighted by atomic mass is 9.99. The van der Waals surface area contributed by atoms with Crippen LogP contribution in [0.2, 0.25) is 0 Å². The number of carboxylic acids is 1. The summed E-state index contributed by atoms with van der Waals surface area (Å²) in [6.45, 7) is 4.97. The zero-order valence-corrected chi connectivity index (χ0v) is 12.5. The summed E-state index contributed by atoms with van der Waals surface area (Å²) in [5.41, 5.74) is 1.27. The largest absolute Gasteiger partial charge is 0.481 e. The van der Waals surface area contributed by atoms with Crippen molar-refractivity contribution >= 4 is 23.2 Å². The summed E-state index contributed by atoms with van der Waals surface area (Å²) in [4.78, 5) is 26.7. The van der Waals surface area contributed by atoms with Gasteiger partial charge >= 0.3 is 5.97 Å². The molecule has 2 fully saturated rings. The molecule has 1 saturated heterocycles. The molecule has 2 aliphatic rings. The van der Waals surface area contributed by atoms with E-state index in [1.54, 1.807) is 16.2 Å². The van der Waals surface area contributed by atoms with Gasteiger partial charge in [0.25, 0.3) is 0 Å². The normalized spacial score (nSPS) is 32.4. The van der Waals surface area contributed by atoms with Crippen LogP contribution in [0.1, 0.15) is 29.7 Å². The number of carbonyl (C=O) groups excluding carboxylic acids is 1. The fourth-order valence-electron chi connectivity index (χ4n) is 3.22. The molecule has 1 saturated carbocycles. The topological polar surface area (TPSA) is 57.6 Å². The molecule has 0 radical (unpaired) electrons. The maximum Gasteiger partial charge on any atom is 0.308 e. The van der Waals surface area contributed by atoms with Crippen LogP contribution >= 0.6 is 11.3 Å². The first kappa shape index (κ1) is 13.6. The van der Waals surface area contributed by atoms with Gasteiger partial charge < -0.3 is 10.0 Å². The third-order valence-corrected chi connectivity index (χ3v) is 5.74. The summed E-state index contributed by atoms with van der Waals surface area (Å²) in [6.07, 6.45) is 0.919. The van der Waals surface area contributed by atoms with Gasteiger partial charge in [0.05, 0.1) is 5.92 Å². The van der Waals surface area contributed by atoms with Crippen molar-refractivity contribution in [3.63, 3.8) is 0 Å². The molecule has 1 aromatic heterocycles. The Morgan fingerprint density at radius 3 is 2.65 bits per heavy atom. The van der Waals surface area contributed by atoms with Crippen LogP contribution in [0.5, 0.6) is 0 Å². The second-order valence-corrected chi connectivity index (χ2v) is 7.03. The SMILES string of the molecule is Cc1ccsc1C1CC1C(=O)N1C[C@@H](C)[C@H](C(=O)O)C1. The summed E-state index contributed by atoms with van der Waals surface area (Å²) in [7, 11) is 0. The van der Waals surface area contributed by atoms with Gasteiger partial charge in [-0.15, -0.1) is 11.3 Å². The van der Waals surface area contributed by atoms with Crippen LogP contribution in [0.4, 0.5) is 0 Å². The Kier molecular flexibility index (Phi) is 3.32. The third-order valence-electron chi connectivity index (χ3n) is 4.59. The Hall–Kier alpha value is -1.36. The number of hydrogen-bond acceptors (Lipinski definition) is 3. The fraction of sp³-hybridized carbons (Fsp3) is 0.600. The summed E-state index contributed by atoms with van der Waals surface area (Å²) >= 11 is 1.72. The second kappa shape index (κ2) is 4.88. The summed E-state index contributed by atoms with van der Waals surface area (Å²) in [5.74, 6) is -0.543. The first-order valence-corrected chi connectivity index (χ1v) is 7.92. The van der Waals surface area contributed by atoms with Crippen molar-refractivity contribution in [3.8, 4) is 0 Å². The van der Waals surface area contributed by atoms with Crippen LogP contribution < -0.4 is 0 Å². The van der Waals surface area contributed by atoms with Crippen molar-refractivity contribution in [2.45, 2.75) is 26.2 Å². The highest BCUT2D eigenvalue weighted by atomic mass is 32.1. The molecule has 0 bridgehead atoms. The monoisotopic (exact) mass is 293 g/mol. The lowest BCUT2D eigenvalue weighted by Crippen LogP contribution is -2.31. The molecule has 4 atom stereocenters. The molecule has 0 spiro atoms. The highest BCUT2D eigenvalue weighted by molar-refractivity contribution is 7.10. The van der Waals surface area contributed by atoms with Gasteiger partial charge in [0.1, 0.15) is 0 Å². The van der Waals surface area contributed by atoms with Gasteiger partial charge in [-0.1, -0.05) is 6.92 Å². The molecular formula is C15H19NO3S. The van der Waals surface area contributed by atoms with Crippen molar-refractivity contribution < 1.29 is 14.7 Å². The number of aliphatic carboxylic acids is 1. The zero-order chi connectivity index (χ0) is 14.4. The number of hydrogen-bond donors (Lipinski definition) is 1. The lowest BCUT2D eigenvalue weighted by Gasteiger charge is -2.15. The van der Waals surface area contributed by atoms with E-state index in [-0.39, 0.29) is 17.7 Å². The number of nitrogens with zero attached hydrogens (tertiary/aromatic N) is 1. The van der Waals surface area contributed by atoms with Gasteiger partial charge in [0.2, 0.25) is 5.91 Å². The van der Waals surface area contributed by atoms with Crippen LogP contribution in [0.15, 0.2) is 11.4 Å². The third kappa shape index (κ3) is 2.24. The van der Waals surface area contributed by atoms with Crippen LogP contribution in [-0.4, -0.2) is 35.0 Å². The van der Waals surface area contributed by atoms with E-state index in [4.69, 9.17) is 5.11 Å². The maximum atomic E-state index is 12.5. The van der Waals surface area contributed by atoms with Crippen LogP contribution in [-0.2, 0) is 9.59 Å². The molecular weight excluding hydrogens is 274 g/mol. The molecule has 2 unspecified atom stereocenters. The van der Waals surface area contributed by atoms with E-state index in [1.165, 1.54) is 10.4 Å². The zero-order valence-electron chi connectivity index (χ0n) is 11.7. The molecule has 108 valence electrons. The number of aryl methyl sites for hydroxylation is 1. The minimum atomic E-state index is -0.783. The van der Waals surface area contributed by atoms with Gasteiger partial charge in [0.15, 0.2) is 0 Å². The number of likely N-dealkylation sites (tertiary alicyclic amines) is 1. The molecule has 20 heavy (non-hydrogen) atoms. The summed E-state index contributed by atoms with van der Waals surface area (Å²) in [5, 5.41) is 11.2. The van der Waals surface area contributed by atoms with Gasteiger partial charge in [-0.2, -0.15) is 0 Å². The van der Waals surface area contributed by atoms with E-state index in [9.17, 15) is 9.59 Å². The first-order valence-electron chi connectivity index (χ1n) is 7.04. The summed E-state index contributed by atoms with van der Waals surface area (Å²) < 4.78 is 0. The predicted octanol–water partition coefficient (Wildman–Crippen LogP) is 2.34. The van der Waals surface area contributed by atoms with E-state index >= 15 is 0 Å². The standard InChI is InChI=1S/C15H19NO3S/c1-8-3-4-20-13(8)10-5-11(10)14(17)16-6-9(2)12(7-16)15(18)19/h3-4,9-12H,5-7H2,1-2H3,(H,18,19)/t9-,10?,11?,12-/m1/s1. The van der Waals surface area contributed by atoms with Gasteiger partial charge in [-0.25, -0.2) is 0 Å². The Labute approximate surface area is 122 Å². The van der Waals surface area contributed by atoms with Gasteiger partial charge in [-0.3, -0.25) is 9.59 Å².